The van der Waals surface area contributed by atoms with Crippen LogP contribution >= 0.6 is 11.6 Å². The summed E-state index contributed by atoms with van der Waals surface area (Å²) >= 11 is 6.25. The van der Waals surface area contributed by atoms with E-state index in [1.807, 2.05) is 0 Å². The fourth-order valence-corrected chi connectivity index (χ4v) is 3.19. The van der Waals surface area contributed by atoms with E-state index in [0.29, 0.717) is 30.4 Å². The van der Waals surface area contributed by atoms with Crippen molar-refractivity contribution in [2.75, 3.05) is 18.5 Å². The molecule has 1 aliphatic rings. The van der Waals surface area contributed by atoms with Gasteiger partial charge in [0.05, 0.1) is 16.3 Å². The lowest BCUT2D eigenvalue weighted by atomic mass is 9.98. The lowest BCUT2D eigenvalue weighted by Crippen LogP contribution is -2.18. The van der Waals surface area contributed by atoms with E-state index in [1.54, 1.807) is 30.3 Å². The largest absolute Gasteiger partial charge is 0.486 e. The van der Waals surface area contributed by atoms with E-state index >= 15 is 0 Å². The molecular formula is C22H15ClFNO4. The fourth-order valence-electron chi connectivity index (χ4n) is 2.99. The second kappa shape index (κ2) is 7.93. The standard InChI is InChI=1S/C22H15ClFNO4/c23-17-11-19-20(29-10-9-28-19)12-18(17)25-22(27)16-4-2-1-3-15(16)21(26)13-5-7-14(24)8-6-13/h1-8,11-12H,9-10H2,(H,25,27). The van der Waals surface area contributed by atoms with Crippen LogP contribution in [0.2, 0.25) is 5.02 Å². The van der Waals surface area contributed by atoms with E-state index in [9.17, 15) is 14.0 Å². The Bertz CT molecular complexity index is 1100. The van der Waals surface area contributed by atoms with E-state index in [-0.39, 0.29) is 27.5 Å². The average Bonchev–Trinajstić information content (AvgIpc) is 2.74. The van der Waals surface area contributed by atoms with Crippen molar-refractivity contribution in [1.82, 2.24) is 0 Å². The number of hydrogen-bond donors (Lipinski definition) is 1. The average molecular weight is 412 g/mol. The van der Waals surface area contributed by atoms with Crippen molar-refractivity contribution < 1.29 is 23.5 Å². The van der Waals surface area contributed by atoms with Gasteiger partial charge in [0.1, 0.15) is 19.0 Å². The van der Waals surface area contributed by atoms with Gasteiger partial charge in [-0.15, -0.1) is 0 Å². The number of benzene rings is 3. The summed E-state index contributed by atoms with van der Waals surface area (Å²) in [5, 5.41) is 3.00. The number of nitrogens with one attached hydrogen (secondary N) is 1. The van der Waals surface area contributed by atoms with Gasteiger partial charge in [0.2, 0.25) is 0 Å². The van der Waals surface area contributed by atoms with Crippen LogP contribution in [0.1, 0.15) is 26.3 Å². The van der Waals surface area contributed by atoms with Crippen LogP contribution in [-0.4, -0.2) is 24.9 Å². The third-order valence-electron chi connectivity index (χ3n) is 4.40. The number of halogens is 2. The molecule has 0 aliphatic carbocycles. The molecule has 0 radical (unpaired) electrons. The number of fused-ring (bicyclic) bond motifs is 1. The van der Waals surface area contributed by atoms with E-state index in [0.717, 1.165) is 0 Å². The summed E-state index contributed by atoms with van der Waals surface area (Å²) in [6, 6.07) is 14.7. The quantitative estimate of drug-likeness (QED) is 0.630. The highest BCUT2D eigenvalue weighted by Crippen LogP contribution is 2.38. The van der Waals surface area contributed by atoms with Crippen molar-refractivity contribution in [2.24, 2.45) is 0 Å². The lowest BCUT2D eigenvalue weighted by molar-refractivity contribution is 0.0996. The van der Waals surface area contributed by atoms with Gasteiger partial charge in [-0.25, -0.2) is 4.39 Å². The van der Waals surface area contributed by atoms with Crippen LogP contribution < -0.4 is 14.8 Å². The first-order valence-electron chi connectivity index (χ1n) is 8.83. The van der Waals surface area contributed by atoms with Crippen LogP contribution in [0.4, 0.5) is 10.1 Å². The van der Waals surface area contributed by atoms with Gasteiger partial charge in [-0.3, -0.25) is 9.59 Å². The molecule has 0 saturated carbocycles. The van der Waals surface area contributed by atoms with E-state index < -0.39 is 11.7 Å². The Kier molecular flexibility index (Phi) is 5.18. The van der Waals surface area contributed by atoms with Gasteiger partial charge in [-0.2, -0.15) is 0 Å². The summed E-state index contributed by atoms with van der Waals surface area (Å²) in [7, 11) is 0. The SMILES string of the molecule is O=C(Nc1cc2c(cc1Cl)OCCO2)c1ccccc1C(=O)c1ccc(F)cc1. The maximum atomic E-state index is 13.2. The Hall–Kier alpha value is -3.38. The summed E-state index contributed by atoms with van der Waals surface area (Å²) in [5.41, 5.74) is 0.993. The first-order chi connectivity index (χ1) is 14.0. The number of carbonyl (C=O) groups excluding carboxylic acids is 2. The molecule has 146 valence electrons. The first kappa shape index (κ1) is 19.0. The Morgan fingerprint density at radius 1 is 0.897 bits per heavy atom. The van der Waals surface area contributed by atoms with Crippen molar-refractivity contribution >= 4 is 29.0 Å². The van der Waals surface area contributed by atoms with E-state index in [4.69, 9.17) is 21.1 Å². The van der Waals surface area contributed by atoms with Crippen LogP contribution in [0.15, 0.2) is 60.7 Å². The minimum absolute atomic E-state index is 0.174. The summed E-state index contributed by atoms with van der Waals surface area (Å²) in [6.45, 7) is 0.824. The topological polar surface area (TPSA) is 64.6 Å². The molecule has 0 atom stereocenters. The third kappa shape index (κ3) is 3.93. The van der Waals surface area contributed by atoms with Crippen molar-refractivity contribution in [1.29, 1.82) is 0 Å². The van der Waals surface area contributed by atoms with E-state index in [1.165, 1.54) is 30.3 Å². The fraction of sp³-hybridized carbons (Fsp3) is 0.0909. The zero-order valence-electron chi connectivity index (χ0n) is 15.1. The van der Waals surface area contributed by atoms with Crippen molar-refractivity contribution in [3.05, 3.63) is 88.2 Å². The summed E-state index contributed by atoms with van der Waals surface area (Å²) in [5.74, 6) is -0.350. The number of carbonyl (C=O) groups is 2. The lowest BCUT2D eigenvalue weighted by Gasteiger charge is -2.20. The number of anilines is 1. The molecule has 0 spiro atoms. The number of ether oxygens (including phenoxy) is 2. The highest BCUT2D eigenvalue weighted by molar-refractivity contribution is 6.34. The molecule has 0 fully saturated rings. The number of amides is 1. The maximum Gasteiger partial charge on any atom is 0.256 e. The Morgan fingerprint density at radius 2 is 1.52 bits per heavy atom. The Morgan fingerprint density at radius 3 is 2.21 bits per heavy atom. The summed E-state index contributed by atoms with van der Waals surface area (Å²) < 4.78 is 24.1. The monoisotopic (exact) mass is 411 g/mol. The summed E-state index contributed by atoms with van der Waals surface area (Å²) in [4.78, 5) is 25.7. The van der Waals surface area contributed by atoms with Gasteiger partial charge in [0, 0.05) is 23.3 Å². The molecule has 0 bridgehead atoms. The maximum absolute atomic E-state index is 13.2. The second-order valence-corrected chi connectivity index (χ2v) is 6.72. The molecule has 0 unspecified atom stereocenters. The van der Waals surface area contributed by atoms with Gasteiger partial charge in [-0.05, 0) is 30.3 Å². The van der Waals surface area contributed by atoms with Crippen LogP contribution in [-0.2, 0) is 0 Å². The minimum atomic E-state index is -0.505. The molecule has 3 aromatic carbocycles. The van der Waals surface area contributed by atoms with Crippen molar-refractivity contribution in [3.63, 3.8) is 0 Å². The Balaban J connectivity index is 1.63. The molecule has 3 aromatic rings. The van der Waals surface area contributed by atoms with Gasteiger partial charge in [0.25, 0.3) is 5.91 Å². The molecule has 4 rings (SSSR count). The van der Waals surface area contributed by atoms with E-state index in [2.05, 4.69) is 5.32 Å². The normalized spacial score (nSPS) is 12.3. The van der Waals surface area contributed by atoms with Gasteiger partial charge in [-0.1, -0.05) is 29.8 Å². The third-order valence-corrected chi connectivity index (χ3v) is 4.72. The number of rotatable bonds is 4. The second-order valence-electron chi connectivity index (χ2n) is 6.31. The zero-order chi connectivity index (χ0) is 20.4. The molecule has 1 N–H and O–H groups in total. The van der Waals surface area contributed by atoms with Crippen LogP contribution in [0.5, 0.6) is 11.5 Å². The Labute approximate surface area is 171 Å². The highest BCUT2D eigenvalue weighted by atomic mass is 35.5. The predicted molar refractivity (Wildman–Crippen MR) is 107 cm³/mol. The first-order valence-corrected chi connectivity index (χ1v) is 9.20. The van der Waals surface area contributed by atoms with Crippen molar-refractivity contribution in [3.8, 4) is 11.5 Å². The molecule has 29 heavy (non-hydrogen) atoms. The molecule has 1 heterocycles. The van der Waals surface area contributed by atoms with Crippen LogP contribution in [0.25, 0.3) is 0 Å². The number of hydrogen-bond acceptors (Lipinski definition) is 4. The molecular weight excluding hydrogens is 397 g/mol. The highest BCUT2D eigenvalue weighted by Gasteiger charge is 2.21. The molecule has 5 nitrogen and oxygen atoms in total. The molecule has 0 aromatic heterocycles. The zero-order valence-corrected chi connectivity index (χ0v) is 15.8. The molecule has 1 aliphatic heterocycles. The van der Waals surface area contributed by atoms with Gasteiger partial charge < -0.3 is 14.8 Å². The smallest absolute Gasteiger partial charge is 0.256 e. The van der Waals surface area contributed by atoms with Gasteiger partial charge >= 0.3 is 0 Å². The molecule has 1 amide bonds. The van der Waals surface area contributed by atoms with Crippen molar-refractivity contribution in [2.45, 2.75) is 0 Å². The minimum Gasteiger partial charge on any atom is -0.486 e. The van der Waals surface area contributed by atoms with Gasteiger partial charge in [0.15, 0.2) is 17.3 Å². The van der Waals surface area contributed by atoms with Crippen LogP contribution in [0.3, 0.4) is 0 Å². The van der Waals surface area contributed by atoms with Crippen LogP contribution in [0, 0.1) is 5.82 Å². The summed E-state index contributed by atoms with van der Waals surface area (Å²) in [6.07, 6.45) is 0. The molecule has 0 saturated heterocycles. The predicted octanol–water partition coefficient (Wildman–Crippen LogP) is 4.73. The molecule has 7 heteroatoms. The number of ketones is 1.